The van der Waals surface area contributed by atoms with Crippen molar-refractivity contribution in [1.82, 2.24) is 5.32 Å². The number of ether oxygens (including phenoxy) is 2. The number of methoxy groups -OCH3 is 1. The minimum Gasteiger partial charge on any atom is -0.460 e. The lowest BCUT2D eigenvalue weighted by Crippen LogP contribution is -2.42. The summed E-state index contributed by atoms with van der Waals surface area (Å²) in [7, 11) is 1.61. The Morgan fingerprint density at radius 3 is 2.60 bits per heavy atom. The predicted octanol–water partition coefficient (Wildman–Crippen LogP) is 0.954. The number of hydrogen-bond donors (Lipinski definition) is 1. The van der Waals surface area contributed by atoms with Crippen LogP contribution in [0.25, 0.3) is 0 Å². The van der Waals surface area contributed by atoms with Crippen molar-refractivity contribution < 1.29 is 14.3 Å². The van der Waals surface area contributed by atoms with Crippen LogP contribution < -0.4 is 5.32 Å². The number of carbonyl (C=O) groups excluding carboxylic acids is 1. The second-order valence-electron chi connectivity index (χ2n) is 4.48. The third kappa shape index (κ3) is 3.47. The van der Waals surface area contributed by atoms with Gasteiger partial charge in [0.25, 0.3) is 0 Å². The highest BCUT2D eigenvalue weighted by Gasteiger charge is 2.36. The van der Waals surface area contributed by atoms with Gasteiger partial charge in [0.05, 0.1) is 12.0 Å². The minimum absolute atomic E-state index is 0.0893. The van der Waals surface area contributed by atoms with Crippen molar-refractivity contribution in [3.8, 4) is 0 Å². The van der Waals surface area contributed by atoms with E-state index in [0.29, 0.717) is 6.61 Å². The number of hydrogen-bond acceptors (Lipinski definition) is 4. The van der Waals surface area contributed by atoms with Crippen LogP contribution in [0.1, 0.15) is 26.7 Å². The molecule has 0 bridgehead atoms. The highest BCUT2D eigenvalue weighted by atomic mass is 16.6. The molecule has 1 aliphatic heterocycles. The molecule has 0 spiro atoms. The average molecular weight is 215 g/mol. The molecular formula is C11H21NO3. The summed E-state index contributed by atoms with van der Waals surface area (Å²) in [6.07, 6.45) is 1.55. The molecule has 0 saturated carbocycles. The van der Waals surface area contributed by atoms with Gasteiger partial charge in [-0.05, 0) is 39.8 Å². The molecule has 88 valence electrons. The van der Waals surface area contributed by atoms with Crippen LogP contribution in [0.2, 0.25) is 0 Å². The van der Waals surface area contributed by atoms with E-state index >= 15 is 0 Å². The Morgan fingerprint density at radius 1 is 1.47 bits per heavy atom. The van der Waals surface area contributed by atoms with E-state index in [2.05, 4.69) is 5.32 Å². The fourth-order valence-electron chi connectivity index (χ4n) is 1.78. The smallest absolute Gasteiger partial charge is 0.312 e. The van der Waals surface area contributed by atoms with Crippen molar-refractivity contribution in [3.05, 3.63) is 0 Å². The highest BCUT2D eigenvalue weighted by molar-refractivity contribution is 5.76. The summed E-state index contributed by atoms with van der Waals surface area (Å²) in [6.45, 7) is 6.08. The molecule has 1 N–H and O–H groups in total. The molecule has 1 rings (SSSR count). The second kappa shape index (κ2) is 5.47. The fraction of sp³-hybridized carbons (Fsp3) is 0.909. The van der Waals surface area contributed by atoms with Crippen LogP contribution in [0.5, 0.6) is 0 Å². The SMILES string of the molecule is COCC(C)OC(=O)C1(C)CCNCC1. The summed E-state index contributed by atoms with van der Waals surface area (Å²) in [5.74, 6) is -0.0893. The largest absolute Gasteiger partial charge is 0.460 e. The summed E-state index contributed by atoms with van der Waals surface area (Å²) in [6, 6.07) is 0. The normalized spacial score (nSPS) is 22.1. The highest BCUT2D eigenvalue weighted by Crippen LogP contribution is 2.29. The van der Waals surface area contributed by atoms with E-state index in [4.69, 9.17) is 9.47 Å². The van der Waals surface area contributed by atoms with Crippen molar-refractivity contribution in [2.45, 2.75) is 32.8 Å². The summed E-state index contributed by atoms with van der Waals surface area (Å²) in [4.78, 5) is 11.9. The summed E-state index contributed by atoms with van der Waals surface area (Å²) >= 11 is 0. The van der Waals surface area contributed by atoms with Crippen LogP contribution >= 0.6 is 0 Å². The van der Waals surface area contributed by atoms with Gasteiger partial charge in [-0.25, -0.2) is 0 Å². The molecule has 0 aliphatic carbocycles. The van der Waals surface area contributed by atoms with Crippen molar-refractivity contribution >= 4 is 5.97 Å². The molecule has 0 aromatic heterocycles. The molecule has 1 heterocycles. The predicted molar refractivity (Wildman–Crippen MR) is 57.6 cm³/mol. The first-order valence-electron chi connectivity index (χ1n) is 5.49. The molecule has 0 amide bonds. The zero-order valence-corrected chi connectivity index (χ0v) is 9.84. The van der Waals surface area contributed by atoms with Gasteiger partial charge in [-0.3, -0.25) is 4.79 Å². The second-order valence-corrected chi connectivity index (χ2v) is 4.48. The first-order chi connectivity index (χ1) is 7.08. The first-order valence-corrected chi connectivity index (χ1v) is 5.49. The quantitative estimate of drug-likeness (QED) is 0.709. The van der Waals surface area contributed by atoms with E-state index in [1.54, 1.807) is 7.11 Å². The lowest BCUT2D eigenvalue weighted by molar-refractivity contribution is -0.163. The minimum atomic E-state index is -0.312. The van der Waals surface area contributed by atoms with E-state index in [1.165, 1.54) is 0 Å². The number of rotatable bonds is 4. The maximum Gasteiger partial charge on any atom is 0.312 e. The van der Waals surface area contributed by atoms with Crippen LogP contribution in [0.15, 0.2) is 0 Å². The molecule has 4 heteroatoms. The molecule has 0 radical (unpaired) electrons. The molecular weight excluding hydrogens is 194 g/mol. The van der Waals surface area contributed by atoms with Crippen LogP contribution in [0, 0.1) is 5.41 Å². The Hall–Kier alpha value is -0.610. The number of piperidine rings is 1. The van der Waals surface area contributed by atoms with Crippen molar-refractivity contribution in [2.75, 3.05) is 26.8 Å². The standard InChI is InChI=1S/C11H21NO3/c1-9(8-14-3)15-10(13)11(2)4-6-12-7-5-11/h9,12H,4-8H2,1-3H3. The Morgan fingerprint density at radius 2 is 2.07 bits per heavy atom. The van der Waals surface area contributed by atoms with Gasteiger partial charge < -0.3 is 14.8 Å². The van der Waals surface area contributed by atoms with Crippen LogP contribution in [-0.2, 0) is 14.3 Å². The average Bonchev–Trinajstić information content (AvgIpc) is 2.19. The number of carbonyl (C=O) groups is 1. The third-order valence-electron chi connectivity index (χ3n) is 2.91. The molecule has 1 fully saturated rings. The zero-order chi connectivity index (χ0) is 11.3. The lowest BCUT2D eigenvalue weighted by Gasteiger charge is -2.32. The Labute approximate surface area is 91.3 Å². The maximum absolute atomic E-state index is 11.9. The van der Waals surface area contributed by atoms with Gasteiger partial charge >= 0.3 is 5.97 Å². The molecule has 0 aromatic rings. The Balaban J connectivity index is 2.44. The summed E-state index contributed by atoms with van der Waals surface area (Å²) in [5.41, 5.74) is -0.312. The van der Waals surface area contributed by atoms with E-state index in [1.807, 2.05) is 13.8 Å². The zero-order valence-electron chi connectivity index (χ0n) is 9.84. The fourth-order valence-corrected chi connectivity index (χ4v) is 1.78. The van der Waals surface area contributed by atoms with Crippen molar-refractivity contribution in [3.63, 3.8) is 0 Å². The van der Waals surface area contributed by atoms with Crippen LogP contribution in [0.3, 0.4) is 0 Å². The van der Waals surface area contributed by atoms with Gasteiger partial charge in [-0.1, -0.05) is 0 Å². The van der Waals surface area contributed by atoms with Gasteiger partial charge in [0.15, 0.2) is 0 Å². The van der Waals surface area contributed by atoms with E-state index < -0.39 is 0 Å². The van der Waals surface area contributed by atoms with E-state index in [0.717, 1.165) is 25.9 Å². The van der Waals surface area contributed by atoms with Gasteiger partial charge in [0.2, 0.25) is 0 Å². The van der Waals surface area contributed by atoms with Crippen molar-refractivity contribution in [1.29, 1.82) is 0 Å². The van der Waals surface area contributed by atoms with Crippen LogP contribution in [-0.4, -0.2) is 38.9 Å². The summed E-state index contributed by atoms with van der Waals surface area (Å²) < 4.78 is 10.3. The maximum atomic E-state index is 11.9. The monoisotopic (exact) mass is 215 g/mol. The topological polar surface area (TPSA) is 47.6 Å². The molecule has 1 aliphatic rings. The molecule has 15 heavy (non-hydrogen) atoms. The molecule has 4 nitrogen and oxygen atoms in total. The molecule has 1 unspecified atom stereocenters. The summed E-state index contributed by atoms with van der Waals surface area (Å²) in [5, 5.41) is 3.24. The Kier molecular flexibility index (Phi) is 4.54. The van der Waals surface area contributed by atoms with Gasteiger partial charge in [0, 0.05) is 7.11 Å². The van der Waals surface area contributed by atoms with Gasteiger partial charge in [-0.2, -0.15) is 0 Å². The lowest BCUT2D eigenvalue weighted by atomic mass is 9.81. The molecule has 1 saturated heterocycles. The Bertz CT molecular complexity index is 212. The van der Waals surface area contributed by atoms with Crippen LogP contribution in [0.4, 0.5) is 0 Å². The molecule has 0 aromatic carbocycles. The number of nitrogens with one attached hydrogen (secondary N) is 1. The van der Waals surface area contributed by atoms with Gasteiger partial charge in [0.1, 0.15) is 6.10 Å². The number of esters is 1. The van der Waals surface area contributed by atoms with E-state index in [-0.39, 0.29) is 17.5 Å². The third-order valence-corrected chi connectivity index (χ3v) is 2.91. The first kappa shape index (κ1) is 12.5. The van der Waals surface area contributed by atoms with Gasteiger partial charge in [-0.15, -0.1) is 0 Å². The van der Waals surface area contributed by atoms with E-state index in [9.17, 15) is 4.79 Å². The molecule has 1 atom stereocenters. The van der Waals surface area contributed by atoms with Crippen molar-refractivity contribution in [2.24, 2.45) is 5.41 Å².